The van der Waals surface area contributed by atoms with Gasteiger partial charge in [-0.25, -0.2) is 9.59 Å². The normalized spacial score (nSPS) is 11.3. The smallest absolute Gasteiger partial charge is 0.337 e. The minimum atomic E-state index is -0.937. The number of nitrogens with one attached hydrogen (secondary N) is 2. The van der Waals surface area contributed by atoms with Gasteiger partial charge < -0.3 is 29.6 Å². The summed E-state index contributed by atoms with van der Waals surface area (Å²) in [5.74, 6) is -1.89. The molecule has 0 heterocycles. The molecular weight excluding hydrogens is 444 g/mol. The van der Waals surface area contributed by atoms with Gasteiger partial charge in [0, 0.05) is 17.3 Å². The van der Waals surface area contributed by atoms with Crippen molar-refractivity contribution in [2.24, 2.45) is 5.92 Å². The molecular formula is C24H28N2O8. The number of ether oxygens (including phenoxy) is 4. The largest absolute Gasteiger partial charge is 0.497 e. The van der Waals surface area contributed by atoms with Gasteiger partial charge in [-0.15, -0.1) is 0 Å². The molecule has 0 spiro atoms. The van der Waals surface area contributed by atoms with E-state index in [-0.39, 0.29) is 28.3 Å². The van der Waals surface area contributed by atoms with Gasteiger partial charge in [-0.05, 0) is 36.2 Å². The maximum Gasteiger partial charge on any atom is 0.337 e. The zero-order chi connectivity index (χ0) is 25.4. The van der Waals surface area contributed by atoms with E-state index in [1.165, 1.54) is 58.8 Å². The highest BCUT2D eigenvalue weighted by Crippen LogP contribution is 2.23. The number of rotatable bonds is 9. The van der Waals surface area contributed by atoms with Crippen molar-refractivity contribution >= 4 is 29.4 Å². The number of hydrogen-bond donors (Lipinski definition) is 2. The van der Waals surface area contributed by atoms with Gasteiger partial charge in [0.2, 0.25) is 5.91 Å². The number of methoxy groups -OCH3 is 4. The summed E-state index contributed by atoms with van der Waals surface area (Å²) < 4.78 is 19.8. The minimum Gasteiger partial charge on any atom is -0.497 e. The van der Waals surface area contributed by atoms with Gasteiger partial charge in [-0.3, -0.25) is 9.59 Å². The van der Waals surface area contributed by atoms with Crippen LogP contribution in [0.15, 0.2) is 36.4 Å². The lowest BCUT2D eigenvalue weighted by Gasteiger charge is -2.22. The van der Waals surface area contributed by atoms with Crippen molar-refractivity contribution in [3.63, 3.8) is 0 Å². The van der Waals surface area contributed by atoms with Crippen molar-refractivity contribution in [3.8, 4) is 11.5 Å². The Morgan fingerprint density at radius 3 is 1.62 bits per heavy atom. The Kier molecular flexibility index (Phi) is 9.00. The SMILES string of the molecule is COC(=O)c1cc(NC(=O)[C@@H](NC(=O)c2cc(OC)cc(OC)c2)C(C)C)cc(C(=O)OC)c1. The van der Waals surface area contributed by atoms with Crippen molar-refractivity contribution in [1.29, 1.82) is 0 Å². The Balaban J connectivity index is 2.31. The van der Waals surface area contributed by atoms with E-state index in [9.17, 15) is 19.2 Å². The summed E-state index contributed by atoms with van der Waals surface area (Å²) in [6, 6.07) is 7.76. The van der Waals surface area contributed by atoms with Crippen molar-refractivity contribution in [1.82, 2.24) is 5.32 Å². The minimum absolute atomic E-state index is 0.0503. The average molecular weight is 472 g/mol. The average Bonchev–Trinajstić information content (AvgIpc) is 2.84. The Bertz CT molecular complexity index is 1020. The second kappa shape index (κ2) is 11.7. The van der Waals surface area contributed by atoms with Gasteiger partial charge in [0.1, 0.15) is 17.5 Å². The molecule has 2 aromatic carbocycles. The number of carbonyl (C=O) groups is 4. The summed E-state index contributed by atoms with van der Waals surface area (Å²) in [6.45, 7) is 3.53. The highest BCUT2D eigenvalue weighted by molar-refractivity contribution is 6.03. The Hall–Kier alpha value is -4.08. The second-order valence-electron chi connectivity index (χ2n) is 7.57. The number of esters is 2. The number of hydrogen-bond acceptors (Lipinski definition) is 8. The summed E-state index contributed by atoms with van der Waals surface area (Å²) in [5.41, 5.74) is 0.509. The van der Waals surface area contributed by atoms with Gasteiger partial charge >= 0.3 is 11.9 Å². The highest BCUT2D eigenvalue weighted by Gasteiger charge is 2.26. The molecule has 10 heteroatoms. The fourth-order valence-electron chi connectivity index (χ4n) is 3.09. The van der Waals surface area contributed by atoms with Crippen LogP contribution in [-0.2, 0) is 14.3 Å². The monoisotopic (exact) mass is 472 g/mol. The van der Waals surface area contributed by atoms with Crippen molar-refractivity contribution < 1.29 is 38.1 Å². The predicted octanol–water partition coefficient (Wildman–Crippen LogP) is 2.67. The van der Waals surface area contributed by atoms with Crippen LogP contribution in [0.1, 0.15) is 44.9 Å². The molecule has 1 atom stereocenters. The van der Waals surface area contributed by atoms with Gasteiger partial charge in [0.25, 0.3) is 5.91 Å². The third-order valence-corrected chi connectivity index (χ3v) is 4.89. The van der Waals surface area contributed by atoms with Crippen molar-refractivity contribution in [3.05, 3.63) is 53.1 Å². The lowest BCUT2D eigenvalue weighted by atomic mass is 10.0. The lowest BCUT2D eigenvalue weighted by Crippen LogP contribution is -2.47. The fourth-order valence-corrected chi connectivity index (χ4v) is 3.09. The molecule has 10 nitrogen and oxygen atoms in total. The first-order valence-electron chi connectivity index (χ1n) is 10.3. The van der Waals surface area contributed by atoms with Crippen LogP contribution in [-0.4, -0.2) is 58.2 Å². The number of amides is 2. The topological polar surface area (TPSA) is 129 Å². The van der Waals surface area contributed by atoms with E-state index in [2.05, 4.69) is 10.6 Å². The van der Waals surface area contributed by atoms with E-state index in [1.54, 1.807) is 19.9 Å². The molecule has 2 aromatic rings. The Morgan fingerprint density at radius 2 is 1.21 bits per heavy atom. The van der Waals surface area contributed by atoms with Crippen LogP contribution >= 0.6 is 0 Å². The third kappa shape index (κ3) is 6.47. The van der Waals surface area contributed by atoms with Crippen LogP contribution in [0, 0.1) is 5.92 Å². The molecule has 2 N–H and O–H groups in total. The van der Waals surface area contributed by atoms with E-state index >= 15 is 0 Å². The van der Waals surface area contributed by atoms with Crippen molar-refractivity contribution in [2.45, 2.75) is 19.9 Å². The van der Waals surface area contributed by atoms with Crippen LogP contribution < -0.4 is 20.1 Å². The lowest BCUT2D eigenvalue weighted by molar-refractivity contribution is -0.118. The molecule has 0 saturated heterocycles. The first kappa shape index (κ1) is 26.2. The van der Waals surface area contributed by atoms with Gasteiger partial charge in [-0.1, -0.05) is 13.8 Å². The van der Waals surface area contributed by atoms with Gasteiger partial charge in [0.15, 0.2) is 0 Å². The standard InChI is InChI=1S/C24H28N2O8/c1-13(2)20(26-21(27)14-10-18(31-3)12-19(11-14)32-4)22(28)25-17-8-15(23(29)33-5)7-16(9-17)24(30)34-6/h7-13,20H,1-6H3,(H,25,28)(H,26,27)/t20-/m0/s1. The molecule has 2 rings (SSSR count). The van der Waals surface area contributed by atoms with Gasteiger partial charge in [-0.2, -0.15) is 0 Å². The highest BCUT2D eigenvalue weighted by atomic mass is 16.5. The van der Waals surface area contributed by atoms with E-state index in [1.807, 2.05) is 0 Å². The summed E-state index contributed by atoms with van der Waals surface area (Å²) in [4.78, 5) is 50.0. The molecule has 182 valence electrons. The van der Waals surface area contributed by atoms with E-state index in [0.29, 0.717) is 11.5 Å². The molecule has 2 amide bonds. The van der Waals surface area contributed by atoms with E-state index < -0.39 is 29.8 Å². The molecule has 0 aliphatic heterocycles. The number of anilines is 1. The van der Waals surface area contributed by atoms with E-state index in [0.717, 1.165) is 0 Å². The third-order valence-electron chi connectivity index (χ3n) is 4.89. The van der Waals surface area contributed by atoms with Crippen LogP contribution in [0.2, 0.25) is 0 Å². The van der Waals surface area contributed by atoms with Crippen LogP contribution in [0.4, 0.5) is 5.69 Å². The summed E-state index contributed by atoms with van der Waals surface area (Å²) in [7, 11) is 5.32. The molecule has 0 aliphatic carbocycles. The molecule has 0 radical (unpaired) electrons. The molecule has 0 aliphatic rings. The Morgan fingerprint density at radius 1 is 0.706 bits per heavy atom. The summed E-state index contributed by atoms with van der Waals surface area (Å²) >= 11 is 0. The van der Waals surface area contributed by atoms with Crippen LogP contribution in [0.3, 0.4) is 0 Å². The maximum atomic E-state index is 13.1. The molecule has 34 heavy (non-hydrogen) atoms. The molecule has 0 aromatic heterocycles. The number of carbonyl (C=O) groups excluding carboxylic acids is 4. The van der Waals surface area contributed by atoms with E-state index in [4.69, 9.17) is 18.9 Å². The molecule has 0 saturated carbocycles. The zero-order valence-corrected chi connectivity index (χ0v) is 19.9. The van der Waals surface area contributed by atoms with Gasteiger partial charge in [0.05, 0.1) is 39.6 Å². The number of benzene rings is 2. The first-order chi connectivity index (χ1) is 16.1. The van der Waals surface area contributed by atoms with Crippen LogP contribution in [0.5, 0.6) is 11.5 Å². The zero-order valence-electron chi connectivity index (χ0n) is 19.9. The summed E-state index contributed by atoms with van der Waals surface area (Å²) in [5, 5.41) is 5.35. The fraction of sp³-hybridized carbons (Fsp3) is 0.333. The molecule has 0 unspecified atom stereocenters. The second-order valence-corrected chi connectivity index (χ2v) is 7.57. The summed E-state index contributed by atoms with van der Waals surface area (Å²) in [6.07, 6.45) is 0. The molecule has 0 fully saturated rings. The first-order valence-corrected chi connectivity index (χ1v) is 10.3. The Labute approximate surface area is 197 Å². The molecule has 0 bridgehead atoms. The predicted molar refractivity (Wildman–Crippen MR) is 123 cm³/mol. The quantitative estimate of drug-likeness (QED) is 0.533. The van der Waals surface area contributed by atoms with Crippen molar-refractivity contribution in [2.75, 3.05) is 33.8 Å². The van der Waals surface area contributed by atoms with Crippen LogP contribution in [0.25, 0.3) is 0 Å². The maximum absolute atomic E-state index is 13.1.